The molecule has 7 nitrogen and oxygen atoms in total. The Kier molecular flexibility index (Phi) is 6.77. The lowest BCUT2D eigenvalue weighted by Gasteiger charge is -2.31. The number of halogens is 1. The van der Waals surface area contributed by atoms with Gasteiger partial charge in [0.1, 0.15) is 17.2 Å². The maximum atomic E-state index is 12.7. The second-order valence-electron chi connectivity index (χ2n) is 7.94. The summed E-state index contributed by atoms with van der Waals surface area (Å²) in [5.41, 5.74) is 2.97. The highest BCUT2D eigenvalue weighted by molar-refractivity contribution is 6.32. The number of methoxy groups -OCH3 is 3. The van der Waals surface area contributed by atoms with E-state index >= 15 is 0 Å². The van der Waals surface area contributed by atoms with Gasteiger partial charge in [-0.2, -0.15) is 0 Å². The minimum absolute atomic E-state index is 0.0974. The molecule has 0 saturated carbocycles. The first-order chi connectivity index (χ1) is 15.5. The van der Waals surface area contributed by atoms with Crippen molar-refractivity contribution in [1.82, 2.24) is 9.88 Å². The number of carbonyl (C=O) groups excluding carboxylic acids is 1. The highest BCUT2D eigenvalue weighted by Gasteiger charge is 2.24. The maximum Gasteiger partial charge on any atom is 0.238 e. The number of aromatic amines is 1. The van der Waals surface area contributed by atoms with Crippen LogP contribution in [0, 0.1) is 0 Å². The molecule has 2 aromatic carbocycles. The number of piperidine rings is 1. The molecule has 32 heavy (non-hydrogen) atoms. The molecule has 0 radical (unpaired) electrons. The molecule has 1 amide bonds. The molecule has 170 valence electrons. The van der Waals surface area contributed by atoms with E-state index in [9.17, 15) is 4.79 Å². The summed E-state index contributed by atoms with van der Waals surface area (Å²) in [5.74, 6) is 2.23. The zero-order chi connectivity index (χ0) is 22.7. The summed E-state index contributed by atoms with van der Waals surface area (Å²) in [7, 11) is 4.77. The van der Waals surface area contributed by atoms with Gasteiger partial charge in [-0.25, -0.2) is 0 Å². The van der Waals surface area contributed by atoms with Crippen LogP contribution in [0.15, 0.2) is 36.5 Å². The number of carbonyl (C=O) groups is 1. The van der Waals surface area contributed by atoms with Gasteiger partial charge in [0.2, 0.25) is 5.91 Å². The van der Waals surface area contributed by atoms with E-state index in [4.69, 9.17) is 25.8 Å². The summed E-state index contributed by atoms with van der Waals surface area (Å²) in [6.45, 7) is 2.03. The third-order valence-corrected chi connectivity index (χ3v) is 6.36. The Bertz CT molecular complexity index is 1110. The van der Waals surface area contributed by atoms with Crippen molar-refractivity contribution in [3.63, 3.8) is 0 Å². The standard InChI is InChI=1S/C24H28ClN3O4/c1-30-16-4-5-20-17(10-16)18(13-26-20)15-6-8-28(9-7-15)14-24(29)27-21-11-19(25)22(31-2)12-23(21)32-3/h4-5,10-13,15,26H,6-9,14H2,1-3H3,(H,27,29). The highest BCUT2D eigenvalue weighted by Crippen LogP contribution is 2.37. The van der Waals surface area contributed by atoms with E-state index < -0.39 is 0 Å². The normalized spacial score (nSPS) is 15.0. The van der Waals surface area contributed by atoms with E-state index in [1.807, 2.05) is 6.07 Å². The monoisotopic (exact) mass is 457 g/mol. The van der Waals surface area contributed by atoms with Gasteiger partial charge in [0.25, 0.3) is 0 Å². The van der Waals surface area contributed by atoms with Crippen molar-refractivity contribution in [1.29, 1.82) is 0 Å². The van der Waals surface area contributed by atoms with E-state index in [-0.39, 0.29) is 5.91 Å². The first-order valence-corrected chi connectivity index (χ1v) is 11.0. The van der Waals surface area contributed by atoms with Crippen LogP contribution >= 0.6 is 11.6 Å². The number of benzene rings is 2. The number of aromatic nitrogens is 1. The summed E-state index contributed by atoms with van der Waals surface area (Å²) in [6, 6.07) is 9.42. The average Bonchev–Trinajstić information content (AvgIpc) is 3.23. The van der Waals surface area contributed by atoms with Gasteiger partial charge in [-0.1, -0.05) is 11.6 Å². The largest absolute Gasteiger partial charge is 0.497 e. The molecule has 1 aliphatic heterocycles. The fourth-order valence-corrected chi connectivity index (χ4v) is 4.58. The molecule has 2 heterocycles. The van der Waals surface area contributed by atoms with Crippen molar-refractivity contribution < 1.29 is 19.0 Å². The van der Waals surface area contributed by atoms with Crippen LogP contribution in [0.3, 0.4) is 0 Å². The number of hydrogen-bond acceptors (Lipinski definition) is 5. The Labute approximate surface area is 192 Å². The Morgan fingerprint density at radius 2 is 1.84 bits per heavy atom. The molecular formula is C24H28ClN3O4. The molecular weight excluding hydrogens is 430 g/mol. The molecule has 1 aliphatic rings. The summed E-state index contributed by atoms with van der Waals surface area (Å²) < 4.78 is 16.0. The van der Waals surface area contributed by atoms with Gasteiger partial charge in [0.05, 0.1) is 38.6 Å². The summed E-state index contributed by atoms with van der Waals surface area (Å²) in [6.07, 6.45) is 4.10. The van der Waals surface area contributed by atoms with Crippen LogP contribution in [-0.2, 0) is 4.79 Å². The molecule has 0 aliphatic carbocycles. The van der Waals surface area contributed by atoms with Crippen LogP contribution in [0.5, 0.6) is 17.2 Å². The summed E-state index contributed by atoms with van der Waals surface area (Å²) >= 11 is 6.21. The fourth-order valence-electron chi connectivity index (χ4n) is 4.34. The first-order valence-electron chi connectivity index (χ1n) is 10.6. The topological polar surface area (TPSA) is 75.8 Å². The second kappa shape index (κ2) is 9.71. The van der Waals surface area contributed by atoms with Gasteiger partial charge < -0.3 is 24.5 Å². The van der Waals surface area contributed by atoms with Crippen molar-refractivity contribution in [2.45, 2.75) is 18.8 Å². The van der Waals surface area contributed by atoms with Crippen LogP contribution in [0.2, 0.25) is 5.02 Å². The van der Waals surface area contributed by atoms with Gasteiger partial charge in [0, 0.05) is 23.2 Å². The number of H-pyrrole nitrogens is 1. The zero-order valence-corrected chi connectivity index (χ0v) is 19.3. The number of likely N-dealkylation sites (tertiary alicyclic amines) is 1. The van der Waals surface area contributed by atoms with E-state index in [2.05, 4.69) is 33.5 Å². The lowest BCUT2D eigenvalue weighted by molar-refractivity contribution is -0.117. The third kappa shape index (κ3) is 4.64. The lowest BCUT2D eigenvalue weighted by atomic mass is 9.89. The second-order valence-corrected chi connectivity index (χ2v) is 8.35. The van der Waals surface area contributed by atoms with Crippen LogP contribution in [0.25, 0.3) is 10.9 Å². The van der Waals surface area contributed by atoms with E-state index in [1.165, 1.54) is 18.1 Å². The Morgan fingerprint density at radius 1 is 1.09 bits per heavy atom. The molecule has 1 saturated heterocycles. The van der Waals surface area contributed by atoms with Crippen LogP contribution < -0.4 is 19.5 Å². The molecule has 0 unspecified atom stereocenters. The van der Waals surface area contributed by atoms with Crippen LogP contribution in [-0.4, -0.2) is 56.8 Å². The molecule has 4 rings (SSSR count). The molecule has 1 fully saturated rings. The highest BCUT2D eigenvalue weighted by atomic mass is 35.5. The van der Waals surface area contributed by atoms with Gasteiger partial charge >= 0.3 is 0 Å². The molecule has 1 aromatic heterocycles. The predicted molar refractivity (Wildman–Crippen MR) is 126 cm³/mol. The minimum atomic E-state index is -0.0974. The molecule has 0 bridgehead atoms. The number of hydrogen-bond donors (Lipinski definition) is 2. The van der Waals surface area contributed by atoms with Crippen molar-refractivity contribution in [3.05, 3.63) is 47.1 Å². The number of anilines is 1. The first kappa shape index (κ1) is 22.3. The van der Waals surface area contributed by atoms with E-state index in [0.717, 1.165) is 37.2 Å². The SMILES string of the molecule is COc1ccc2[nH]cc(C3CCN(CC(=O)Nc4cc(Cl)c(OC)cc4OC)CC3)c2c1. The number of amides is 1. The Balaban J connectivity index is 1.36. The molecule has 8 heteroatoms. The number of rotatable bonds is 7. The average molecular weight is 458 g/mol. The smallest absolute Gasteiger partial charge is 0.238 e. The summed E-state index contributed by atoms with van der Waals surface area (Å²) in [5, 5.41) is 4.54. The lowest BCUT2D eigenvalue weighted by Crippen LogP contribution is -2.38. The van der Waals surface area contributed by atoms with Crippen LogP contribution in [0.4, 0.5) is 5.69 Å². The maximum absolute atomic E-state index is 12.7. The van der Waals surface area contributed by atoms with Crippen LogP contribution in [0.1, 0.15) is 24.3 Å². The fraction of sp³-hybridized carbons (Fsp3) is 0.375. The third-order valence-electron chi connectivity index (χ3n) is 6.06. The Morgan fingerprint density at radius 3 is 2.53 bits per heavy atom. The number of nitrogens with zero attached hydrogens (tertiary/aromatic N) is 1. The van der Waals surface area contributed by atoms with Crippen molar-refractivity contribution in [2.24, 2.45) is 0 Å². The molecule has 3 aromatic rings. The van der Waals surface area contributed by atoms with Crippen molar-refractivity contribution in [2.75, 3.05) is 46.3 Å². The molecule has 0 atom stereocenters. The van der Waals surface area contributed by atoms with Gasteiger partial charge in [0.15, 0.2) is 0 Å². The molecule has 2 N–H and O–H groups in total. The summed E-state index contributed by atoms with van der Waals surface area (Å²) in [4.78, 5) is 18.2. The zero-order valence-electron chi connectivity index (χ0n) is 18.5. The quantitative estimate of drug-likeness (QED) is 0.539. The van der Waals surface area contributed by atoms with Gasteiger partial charge in [-0.3, -0.25) is 9.69 Å². The minimum Gasteiger partial charge on any atom is -0.497 e. The molecule has 0 spiro atoms. The Hall–Kier alpha value is -2.90. The number of fused-ring (bicyclic) bond motifs is 1. The van der Waals surface area contributed by atoms with E-state index in [1.54, 1.807) is 26.4 Å². The number of ether oxygens (including phenoxy) is 3. The van der Waals surface area contributed by atoms with E-state index in [0.29, 0.717) is 34.7 Å². The van der Waals surface area contributed by atoms with Gasteiger partial charge in [-0.05, 0) is 61.7 Å². The van der Waals surface area contributed by atoms with Gasteiger partial charge in [-0.15, -0.1) is 0 Å². The van der Waals surface area contributed by atoms with Crippen molar-refractivity contribution in [3.8, 4) is 17.2 Å². The predicted octanol–water partition coefficient (Wildman–Crippen LogP) is 4.67. The van der Waals surface area contributed by atoms with Crippen molar-refractivity contribution >= 4 is 34.1 Å². The number of nitrogens with one attached hydrogen (secondary N) is 2.